The Morgan fingerprint density at radius 3 is 2.55 bits per heavy atom. The molecular weight excluding hydrogens is 382 g/mol. The fourth-order valence-corrected chi connectivity index (χ4v) is 4.56. The van der Waals surface area contributed by atoms with E-state index < -0.39 is 6.04 Å². The number of carbonyl (C=O) groups is 2. The van der Waals surface area contributed by atoms with Crippen LogP contribution in [0.4, 0.5) is 0 Å². The van der Waals surface area contributed by atoms with Gasteiger partial charge < -0.3 is 10.6 Å². The number of rotatable bonds is 6. The molecule has 2 heterocycles. The van der Waals surface area contributed by atoms with Gasteiger partial charge in [0.05, 0.1) is 28.2 Å². The van der Waals surface area contributed by atoms with Crippen LogP contribution in [0.5, 0.6) is 0 Å². The molecule has 1 aliphatic rings. The van der Waals surface area contributed by atoms with Crippen LogP contribution in [0.15, 0.2) is 29.8 Å². The molecule has 29 heavy (non-hydrogen) atoms. The summed E-state index contributed by atoms with van der Waals surface area (Å²) >= 11 is 1.64. The molecule has 0 bridgehead atoms. The molecule has 0 saturated carbocycles. The summed E-state index contributed by atoms with van der Waals surface area (Å²) < 4.78 is 0. The van der Waals surface area contributed by atoms with Crippen LogP contribution in [0.3, 0.4) is 0 Å². The predicted molar refractivity (Wildman–Crippen MR) is 118 cm³/mol. The quantitative estimate of drug-likeness (QED) is 0.777. The molecule has 2 N–H and O–H groups in total. The summed E-state index contributed by atoms with van der Waals surface area (Å²) in [6, 6.07) is 7.43. The number of amides is 1. The molecule has 1 aromatic heterocycles. The van der Waals surface area contributed by atoms with Gasteiger partial charge in [-0.15, -0.1) is 11.3 Å². The van der Waals surface area contributed by atoms with E-state index in [1.807, 2.05) is 33.2 Å². The number of ketones is 1. The molecule has 1 amide bonds. The average molecular weight is 414 g/mol. The van der Waals surface area contributed by atoms with Gasteiger partial charge in [0.15, 0.2) is 5.78 Å². The van der Waals surface area contributed by atoms with Crippen molar-refractivity contribution in [1.82, 2.24) is 9.88 Å². The number of nitrogens with two attached hydrogens (primary N) is 1. The second kappa shape index (κ2) is 8.76. The summed E-state index contributed by atoms with van der Waals surface area (Å²) in [6.45, 7) is 8.51. The second-order valence-electron chi connectivity index (χ2n) is 8.96. The highest BCUT2D eigenvalue weighted by molar-refractivity contribution is 7.13. The Balaban J connectivity index is 1.60. The highest BCUT2D eigenvalue weighted by Crippen LogP contribution is 2.28. The van der Waals surface area contributed by atoms with Gasteiger partial charge in [-0.2, -0.15) is 0 Å². The van der Waals surface area contributed by atoms with Gasteiger partial charge in [-0.05, 0) is 42.7 Å². The summed E-state index contributed by atoms with van der Waals surface area (Å²) in [6.07, 6.45) is 2.73. The van der Waals surface area contributed by atoms with E-state index in [1.165, 1.54) is 4.88 Å². The molecular formula is C23H31N3O2S. The van der Waals surface area contributed by atoms with E-state index in [9.17, 15) is 9.59 Å². The highest BCUT2D eigenvalue weighted by atomic mass is 32.1. The number of aryl methyl sites for hydroxylation is 2. The van der Waals surface area contributed by atoms with Crippen molar-refractivity contribution in [3.05, 3.63) is 41.0 Å². The molecule has 3 rings (SSSR count). The average Bonchev–Trinajstić information content (AvgIpc) is 3.33. The molecule has 6 heteroatoms. The van der Waals surface area contributed by atoms with E-state index in [0.717, 1.165) is 29.7 Å². The summed E-state index contributed by atoms with van der Waals surface area (Å²) in [4.78, 5) is 32.9. The number of hydrogen-bond acceptors (Lipinski definition) is 5. The first-order chi connectivity index (χ1) is 13.7. The van der Waals surface area contributed by atoms with E-state index in [0.29, 0.717) is 19.4 Å². The molecule has 1 aromatic carbocycles. The highest BCUT2D eigenvalue weighted by Gasteiger charge is 2.38. The maximum absolute atomic E-state index is 12.9. The fraction of sp³-hybridized carbons (Fsp3) is 0.522. The lowest BCUT2D eigenvalue weighted by atomic mass is 9.86. The van der Waals surface area contributed by atoms with Gasteiger partial charge in [-0.1, -0.05) is 45.0 Å². The molecule has 1 fully saturated rings. The molecule has 156 valence electrons. The van der Waals surface area contributed by atoms with Gasteiger partial charge >= 0.3 is 0 Å². The van der Waals surface area contributed by atoms with Crippen molar-refractivity contribution in [2.45, 2.75) is 65.5 Å². The lowest BCUT2D eigenvalue weighted by Crippen LogP contribution is -2.53. The number of carbonyl (C=O) groups excluding carboxylic acids is 2. The van der Waals surface area contributed by atoms with Gasteiger partial charge in [0.25, 0.3) is 0 Å². The van der Waals surface area contributed by atoms with Crippen molar-refractivity contribution < 1.29 is 9.59 Å². The Labute approximate surface area is 177 Å². The summed E-state index contributed by atoms with van der Waals surface area (Å²) in [5, 5.41) is 0. The molecule has 2 aromatic rings. The Morgan fingerprint density at radius 2 is 1.97 bits per heavy atom. The zero-order chi connectivity index (χ0) is 21.2. The number of nitrogens with zero attached hydrogens (tertiary/aromatic N) is 2. The first-order valence-electron chi connectivity index (χ1n) is 10.3. The van der Waals surface area contributed by atoms with Crippen LogP contribution in [0.25, 0.3) is 10.4 Å². The van der Waals surface area contributed by atoms with Crippen LogP contribution >= 0.6 is 11.3 Å². The molecule has 2 atom stereocenters. The normalized spacial score (nSPS) is 18.1. The van der Waals surface area contributed by atoms with Crippen molar-refractivity contribution in [3.8, 4) is 10.4 Å². The molecule has 0 spiro atoms. The van der Waals surface area contributed by atoms with Crippen molar-refractivity contribution in [3.63, 3.8) is 0 Å². The van der Waals surface area contributed by atoms with Crippen LogP contribution in [0.1, 0.15) is 51.3 Å². The minimum Gasteiger partial charge on any atom is -0.331 e. The van der Waals surface area contributed by atoms with Crippen molar-refractivity contribution in [1.29, 1.82) is 0 Å². The molecule has 5 nitrogen and oxygen atoms in total. The second-order valence-corrected chi connectivity index (χ2v) is 9.82. The molecule has 0 radical (unpaired) electrons. The van der Waals surface area contributed by atoms with E-state index in [-0.39, 0.29) is 23.1 Å². The zero-order valence-electron chi connectivity index (χ0n) is 17.8. The van der Waals surface area contributed by atoms with E-state index in [2.05, 4.69) is 29.2 Å². The largest absolute Gasteiger partial charge is 0.331 e. The zero-order valence-corrected chi connectivity index (χ0v) is 18.6. The Kier molecular flexibility index (Phi) is 6.54. The van der Waals surface area contributed by atoms with Gasteiger partial charge in [0, 0.05) is 13.0 Å². The lowest BCUT2D eigenvalue weighted by molar-refractivity contribution is -0.140. The SMILES string of the molecule is Cc1ncsc1-c1ccc(CCC(=O)[C@@H]2CCCN2C(=O)[C@@H](N)C(C)(C)C)cc1. The minimum absolute atomic E-state index is 0.0994. The summed E-state index contributed by atoms with van der Waals surface area (Å²) in [5.74, 6) is 0.0389. The monoisotopic (exact) mass is 413 g/mol. The molecule has 1 aliphatic heterocycles. The molecule has 0 unspecified atom stereocenters. The van der Waals surface area contributed by atoms with Crippen molar-refractivity contribution >= 4 is 23.0 Å². The number of Topliss-reactive ketones (excluding diaryl/α,β-unsaturated/α-hetero) is 1. The van der Waals surface area contributed by atoms with Crippen LogP contribution in [0, 0.1) is 12.3 Å². The van der Waals surface area contributed by atoms with E-state index in [1.54, 1.807) is 16.2 Å². The van der Waals surface area contributed by atoms with Crippen LogP contribution in [-0.2, 0) is 16.0 Å². The predicted octanol–water partition coefficient (Wildman–Crippen LogP) is 3.98. The standard InChI is InChI=1S/C23H31N3O2S/c1-15-20(29-14-25-15)17-10-7-16(8-11-17)9-12-19(27)18-6-5-13-26(18)22(28)21(24)23(2,3)4/h7-8,10-11,14,18,21H,5-6,9,12-13,24H2,1-4H3/t18-,21+/m0/s1. The Morgan fingerprint density at radius 1 is 1.28 bits per heavy atom. The van der Waals surface area contributed by atoms with E-state index >= 15 is 0 Å². The number of hydrogen-bond donors (Lipinski definition) is 1. The van der Waals surface area contributed by atoms with E-state index in [4.69, 9.17) is 5.73 Å². The van der Waals surface area contributed by atoms with Crippen molar-refractivity contribution in [2.75, 3.05) is 6.54 Å². The third-order valence-electron chi connectivity index (χ3n) is 5.73. The van der Waals surface area contributed by atoms with Gasteiger partial charge in [0.1, 0.15) is 0 Å². The van der Waals surface area contributed by atoms with Crippen LogP contribution in [-0.4, -0.2) is 40.2 Å². The number of aromatic nitrogens is 1. The topological polar surface area (TPSA) is 76.3 Å². The first-order valence-corrected chi connectivity index (χ1v) is 11.1. The van der Waals surface area contributed by atoms with Crippen LogP contribution < -0.4 is 5.73 Å². The smallest absolute Gasteiger partial charge is 0.240 e. The molecule has 1 saturated heterocycles. The van der Waals surface area contributed by atoms with Crippen molar-refractivity contribution in [2.24, 2.45) is 11.1 Å². The van der Waals surface area contributed by atoms with Gasteiger partial charge in [-0.3, -0.25) is 9.59 Å². The Bertz CT molecular complexity index is 867. The summed E-state index contributed by atoms with van der Waals surface area (Å²) in [5.41, 5.74) is 11.0. The third kappa shape index (κ3) is 4.93. The Hall–Kier alpha value is -2.05. The van der Waals surface area contributed by atoms with Gasteiger partial charge in [-0.25, -0.2) is 4.98 Å². The summed E-state index contributed by atoms with van der Waals surface area (Å²) in [7, 11) is 0. The maximum atomic E-state index is 12.9. The number of thiazole rings is 1. The maximum Gasteiger partial charge on any atom is 0.240 e. The minimum atomic E-state index is -0.585. The molecule has 0 aliphatic carbocycles. The number of likely N-dealkylation sites (tertiary alicyclic amines) is 1. The number of benzene rings is 1. The third-order valence-corrected chi connectivity index (χ3v) is 6.71. The van der Waals surface area contributed by atoms with Crippen LogP contribution in [0.2, 0.25) is 0 Å². The van der Waals surface area contributed by atoms with Gasteiger partial charge in [0.2, 0.25) is 5.91 Å². The fourth-order valence-electron chi connectivity index (χ4n) is 3.75. The first kappa shape index (κ1) is 21.7. The lowest BCUT2D eigenvalue weighted by Gasteiger charge is -2.32.